The third-order valence-electron chi connectivity index (χ3n) is 5.96. The van der Waals surface area contributed by atoms with Gasteiger partial charge in [0.05, 0.1) is 0 Å². The van der Waals surface area contributed by atoms with Gasteiger partial charge in [-0.2, -0.15) is 0 Å². The molecule has 2 fully saturated rings. The summed E-state index contributed by atoms with van der Waals surface area (Å²) in [5.74, 6) is 1.08. The molecular formula is C20H24N2O2. The fraction of sp³-hybridized carbons (Fsp3) is 0.500. The zero-order valence-corrected chi connectivity index (χ0v) is 14.3. The van der Waals surface area contributed by atoms with Gasteiger partial charge in [0, 0.05) is 10.9 Å². The van der Waals surface area contributed by atoms with Crippen LogP contribution in [0.15, 0.2) is 29.1 Å². The first-order chi connectivity index (χ1) is 11.6. The number of fused-ring (bicyclic) bond motifs is 1. The van der Waals surface area contributed by atoms with Crippen LogP contribution in [0.1, 0.15) is 55.1 Å². The molecule has 2 aliphatic carbocycles. The van der Waals surface area contributed by atoms with Crippen molar-refractivity contribution >= 4 is 16.7 Å². The van der Waals surface area contributed by atoms with Gasteiger partial charge in [0.25, 0.3) is 11.5 Å². The Bertz CT molecular complexity index is 848. The Morgan fingerprint density at radius 2 is 1.75 bits per heavy atom. The van der Waals surface area contributed by atoms with Crippen molar-refractivity contribution in [1.82, 2.24) is 10.3 Å². The first-order valence-corrected chi connectivity index (χ1v) is 9.01. The molecule has 0 bridgehead atoms. The lowest BCUT2D eigenvalue weighted by molar-refractivity contribution is 0.0853. The fourth-order valence-electron chi connectivity index (χ4n) is 4.32. The molecule has 1 aromatic heterocycles. The van der Waals surface area contributed by atoms with Gasteiger partial charge in [-0.15, -0.1) is 0 Å². The number of aromatic nitrogens is 1. The van der Waals surface area contributed by atoms with E-state index in [1.165, 1.54) is 25.7 Å². The average molecular weight is 324 g/mol. The van der Waals surface area contributed by atoms with E-state index >= 15 is 0 Å². The quantitative estimate of drug-likeness (QED) is 0.884. The van der Waals surface area contributed by atoms with Crippen molar-refractivity contribution in [1.29, 1.82) is 0 Å². The molecule has 4 rings (SSSR count). The molecule has 4 nitrogen and oxygen atoms in total. The number of H-pyrrole nitrogens is 1. The number of benzene rings is 1. The molecule has 0 aliphatic heterocycles. The van der Waals surface area contributed by atoms with E-state index in [2.05, 4.69) is 17.2 Å². The van der Waals surface area contributed by atoms with Crippen molar-refractivity contribution in [3.8, 4) is 0 Å². The van der Waals surface area contributed by atoms with E-state index in [9.17, 15) is 9.59 Å². The number of carbonyl (C=O) groups is 1. The SMILES string of the molecule is CCC(NC(=O)c1[nH]c(=O)c2ccccc2c1C)(C1CC1)C1CC1. The van der Waals surface area contributed by atoms with Gasteiger partial charge in [0.2, 0.25) is 0 Å². The fourth-order valence-corrected chi connectivity index (χ4v) is 4.32. The van der Waals surface area contributed by atoms with Crippen molar-refractivity contribution in [2.24, 2.45) is 11.8 Å². The molecule has 1 heterocycles. The van der Waals surface area contributed by atoms with Crippen molar-refractivity contribution in [3.63, 3.8) is 0 Å². The van der Waals surface area contributed by atoms with Gasteiger partial charge < -0.3 is 10.3 Å². The molecule has 1 aromatic carbocycles. The highest BCUT2D eigenvalue weighted by Gasteiger charge is 2.53. The minimum atomic E-state index is -0.193. The zero-order chi connectivity index (χ0) is 16.9. The summed E-state index contributed by atoms with van der Waals surface area (Å²) in [4.78, 5) is 28.2. The molecule has 0 radical (unpaired) electrons. The van der Waals surface area contributed by atoms with Crippen LogP contribution in [-0.2, 0) is 0 Å². The summed E-state index contributed by atoms with van der Waals surface area (Å²) in [6.45, 7) is 4.09. The first kappa shape index (κ1) is 15.4. The number of amides is 1. The van der Waals surface area contributed by atoms with E-state index in [1.807, 2.05) is 25.1 Å². The Labute approximate surface area is 141 Å². The molecule has 126 valence electrons. The summed E-state index contributed by atoms with van der Waals surface area (Å²) in [7, 11) is 0. The topological polar surface area (TPSA) is 62.0 Å². The Morgan fingerprint density at radius 1 is 1.17 bits per heavy atom. The molecule has 2 N–H and O–H groups in total. The Morgan fingerprint density at radius 3 is 2.29 bits per heavy atom. The number of hydrogen-bond donors (Lipinski definition) is 2. The van der Waals surface area contributed by atoms with E-state index in [0.717, 1.165) is 17.4 Å². The number of rotatable bonds is 5. The lowest BCUT2D eigenvalue weighted by atomic mass is 9.84. The number of aromatic amines is 1. The van der Waals surface area contributed by atoms with Crippen molar-refractivity contribution in [2.45, 2.75) is 51.5 Å². The number of nitrogens with one attached hydrogen (secondary N) is 2. The normalized spacial score (nSPS) is 17.9. The van der Waals surface area contributed by atoms with Gasteiger partial charge in [-0.05, 0) is 67.9 Å². The van der Waals surface area contributed by atoms with Crippen LogP contribution < -0.4 is 10.9 Å². The molecule has 2 aliphatic rings. The van der Waals surface area contributed by atoms with E-state index in [-0.39, 0.29) is 17.0 Å². The zero-order valence-electron chi connectivity index (χ0n) is 14.3. The molecule has 0 spiro atoms. The Balaban J connectivity index is 1.73. The lowest BCUT2D eigenvalue weighted by Crippen LogP contribution is -2.52. The van der Waals surface area contributed by atoms with Gasteiger partial charge >= 0.3 is 0 Å². The summed E-state index contributed by atoms with van der Waals surface area (Å²) >= 11 is 0. The van der Waals surface area contributed by atoms with Gasteiger partial charge in [-0.25, -0.2) is 0 Å². The minimum Gasteiger partial charge on any atom is -0.345 e. The maximum absolute atomic E-state index is 13.0. The Hall–Kier alpha value is -2.10. The van der Waals surface area contributed by atoms with E-state index in [0.29, 0.717) is 22.9 Å². The molecule has 4 heteroatoms. The maximum atomic E-state index is 13.0. The summed E-state index contributed by atoms with van der Waals surface area (Å²) in [6.07, 6.45) is 5.79. The van der Waals surface area contributed by atoms with E-state index < -0.39 is 0 Å². The second-order valence-corrected chi connectivity index (χ2v) is 7.40. The van der Waals surface area contributed by atoms with Gasteiger partial charge in [0.1, 0.15) is 5.69 Å². The standard InChI is InChI=1S/C20H24N2O2/c1-3-20(13-8-9-13,14-10-11-14)22-19(24)17-12(2)15-6-4-5-7-16(15)18(23)21-17/h4-7,13-14H,3,8-11H2,1-2H3,(H,21,23)(H,22,24). The minimum absolute atomic E-state index is 0.0773. The van der Waals surface area contributed by atoms with Crippen LogP contribution in [0, 0.1) is 18.8 Å². The maximum Gasteiger partial charge on any atom is 0.268 e. The summed E-state index contributed by atoms with van der Waals surface area (Å²) in [5.41, 5.74) is 0.991. The van der Waals surface area contributed by atoms with Crippen molar-refractivity contribution in [3.05, 3.63) is 45.9 Å². The van der Waals surface area contributed by atoms with E-state index in [1.54, 1.807) is 6.07 Å². The van der Waals surface area contributed by atoms with Gasteiger partial charge in [0.15, 0.2) is 0 Å². The smallest absolute Gasteiger partial charge is 0.268 e. The average Bonchev–Trinajstić information content (AvgIpc) is 3.48. The third-order valence-corrected chi connectivity index (χ3v) is 5.96. The third kappa shape index (κ3) is 2.36. The highest BCUT2D eigenvalue weighted by atomic mass is 16.2. The van der Waals surface area contributed by atoms with Crippen LogP contribution >= 0.6 is 0 Å². The molecule has 0 saturated heterocycles. The van der Waals surface area contributed by atoms with Crippen LogP contribution in [0.2, 0.25) is 0 Å². The highest BCUT2D eigenvalue weighted by molar-refractivity contribution is 5.99. The Kier molecular flexibility index (Phi) is 3.52. The molecular weight excluding hydrogens is 300 g/mol. The van der Waals surface area contributed by atoms with Crippen LogP contribution in [-0.4, -0.2) is 16.4 Å². The van der Waals surface area contributed by atoms with Crippen molar-refractivity contribution in [2.75, 3.05) is 0 Å². The number of aryl methyl sites for hydroxylation is 1. The lowest BCUT2D eigenvalue weighted by Gasteiger charge is -2.35. The summed E-state index contributed by atoms with van der Waals surface area (Å²) < 4.78 is 0. The summed E-state index contributed by atoms with van der Waals surface area (Å²) in [6, 6.07) is 7.46. The second kappa shape index (κ2) is 5.47. The van der Waals surface area contributed by atoms with Crippen LogP contribution in [0.25, 0.3) is 10.8 Å². The largest absolute Gasteiger partial charge is 0.345 e. The molecule has 0 atom stereocenters. The number of hydrogen-bond acceptors (Lipinski definition) is 2. The van der Waals surface area contributed by atoms with Gasteiger partial charge in [-0.1, -0.05) is 25.1 Å². The molecule has 1 amide bonds. The second-order valence-electron chi connectivity index (χ2n) is 7.40. The molecule has 2 saturated carbocycles. The summed E-state index contributed by atoms with van der Waals surface area (Å²) in [5, 5.41) is 4.83. The predicted molar refractivity (Wildman–Crippen MR) is 95.2 cm³/mol. The number of carbonyl (C=O) groups excluding carboxylic acids is 1. The molecule has 24 heavy (non-hydrogen) atoms. The predicted octanol–water partition coefficient (Wildman–Crippen LogP) is 3.54. The highest BCUT2D eigenvalue weighted by Crippen LogP contribution is 2.53. The van der Waals surface area contributed by atoms with Crippen LogP contribution in [0.5, 0.6) is 0 Å². The molecule has 0 unspecified atom stereocenters. The first-order valence-electron chi connectivity index (χ1n) is 9.01. The van der Waals surface area contributed by atoms with E-state index in [4.69, 9.17) is 0 Å². The number of pyridine rings is 1. The molecule has 2 aromatic rings. The monoisotopic (exact) mass is 324 g/mol. The van der Waals surface area contributed by atoms with Crippen molar-refractivity contribution < 1.29 is 4.79 Å². The van der Waals surface area contributed by atoms with Crippen LogP contribution in [0.4, 0.5) is 0 Å². The van der Waals surface area contributed by atoms with Gasteiger partial charge in [-0.3, -0.25) is 9.59 Å². The van der Waals surface area contributed by atoms with Crippen LogP contribution in [0.3, 0.4) is 0 Å².